The van der Waals surface area contributed by atoms with E-state index in [2.05, 4.69) is 5.32 Å². The first-order chi connectivity index (χ1) is 13.0. The van der Waals surface area contributed by atoms with Gasteiger partial charge in [0.2, 0.25) is 11.8 Å². The zero-order valence-corrected chi connectivity index (χ0v) is 15.7. The fourth-order valence-corrected chi connectivity index (χ4v) is 3.88. The Morgan fingerprint density at radius 3 is 2.81 bits per heavy atom. The average molecular weight is 388 g/mol. The second-order valence-corrected chi connectivity index (χ2v) is 7.20. The monoisotopic (exact) mass is 388 g/mol. The Kier molecular flexibility index (Phi) is 5.75. The number of nitrogens with one attached hydrogen (secondary N) is 1. The third-order valence-corrected chi connectivity index (χ3v) is 5.48. The van der Waals surface area contributed by atoms with Crippen LogP contribution in [0.15, 0.2) is 29.6 Å². The molecule has 3 rings (SSSR count). The number of nitrogens with zero attached hydrogens (tertiary/aromatic N) is 1. The van der Waals surface area contributed by atoms with Crippen molar-refractivity contribution in [1.29, 1.82) is 0 Å². The molecule has 0 saturated heterocycles. The van der Waals surface area contributed by atoms with Crippen LogP contribution in [0.3, 0.4) is 0 Å². The second kappa shape index (κ2) is 8.22. The van der Waals surface area contributed by atoms with Crippen LogP contribution < -0.4 is 10.1 Å². The summed E-state index contributed by atoms with van der Waals surface area (Å²) in [5, 5.41) is 13.9. The van der Waals surface area contributed by atoms with Gasteiger partial charge in [-0.25, -0.2) is 4.79 Å². The van der Waals surface area contributed by atoms with Crippen LogP contribution in [0.2, 0.25) is 0 Å². The van der Waals surface area contributed by atoms with Gasteiger partial charge in [0.15, 0.2) is 0 Å². The lowest BCUT2D eigenvalue weighted by molar-refractivity contribution is -0.133. The number of amides is 2. The highest BCUT2D eigenvalue weighted by molar-refractivity contribution is 7.10. The summed E-state index contributed by atoms with van der Waals surface area (Å²) in [6.45, 7) is 1.25. The van der Waals surface area contributed by atoms with Crippen molar-refractivity contribution < 1.29 is 24.2 Å². The summed E-state index contributed by atoms with van der Waals surface area (Å²) >= 11 is 1.71. The Hall–Kier alpha value is -2.87. The average Bonchev–Trinajstić information content (AvgIpc) is 3.14. The number of carboxylic acid groups (broad SMARTS) is 1. The summed E-state index contributed by atoms with van der Waals surface area (Å²) in [6, 6.07) is 6.42. The lowest BCUT2D eigenvalue weighted by Gasteiger charge is -2.27. The number of hydrogen-bond acceptors (Lipinski definition) is 5. The van der Waals surface area contributed by atoms with Crippen LogP contribution in [0.4, 0.5) is 5.69 Å². The highest BCUT2D eigenvalue weighted by Gasteiger charge is 2.22. The van der Waals surface area contributed by atoms with Gasteiger partial charge in [-0.3, -0.25) is 9.59 Å². The molecule has 2 heterocycles. The van der Waals surface area contributed by atoms with Crippen LogP contribution in [0.5, 0.6) is 5.75 Å². The Morgan fingerprint density at radius 1 is 1.26 bits per heavy atom. The van der Waals surface area contributed by atoms with Crippen molar-refractivity contribution in [2.75, 3.05) is 19.0 Å². The molecule has 1 aliphatic heterocycles. The van der Waals surface area contributed by atoms with Crippen LogP contribution in [0, 0.1) is 0 Å². The third-order valence-electron chi connectivity index (χ3n) is 4.46. The zero-order chi connectivity index (χ0) is 19.4. The van der Waals surface area contributed by atoms with Crippen molar-refractivity contribution in [3.63, 3.8) is 0 Å². The number of rotatable bonds is 6. The number of hydrogen-bond donors (Lipinski definition) is 2. The van der Waals surface area contributed by atoms with Gasteiger partial charge in [0, 0.05) is 30.8 Å². The van der Waals surface area contributed by atoms with Gasteiger partial charge in [-0.05, 0) is 41.6 Å². The first kappa shape index (κ1) is 18.9. The molecule has 1 aromatic heterocycles. The summed E-state index contributed by atoms with van der Waals surface area (Å²) < 4.78 is 5.00. The van der Waals surface area contributed by atoms with Crippen molar-refractivity contribution in [3.8, 4) is 5.75 Å². The molecule has 0 spiro atoms. The molecule has 0 radical (unpaired) electrons. The molecule has 27 heavy (non-hydrogen) atoms. The number of anilines is 1. The first-order valence-electron chi connectivity index (χ1n) is 8.52. The maximum absolute atomic E-state index is 12.4. The Bertz CT molecular complexity index is 877. The lowest BCUT2D eigenvalue weighted by Crippen LogP contribution is -2.35. The Morgan fingerprint density at radius 2 is 2.07 bits per heavy atom. The molecule has 0 bridgehead atoms. The third kappa shape index (κ3) is 4.46. The van der Waals surface area contributed by atoms with Gasteiger partial charge >= 0.3 is 5.97 Å². The van der Waals surface area contributed by atoms with E-state index in [0.29, 0.717) is 18.8 Å². The molecule has 2 N–H and O–H groups in total. The van der Waals surface area contributed by atoms with E-state index in [1.807, 2.05) is 11.4 Å². The molecule has 2 amide bonds. The minimum Gasteiger partial charge on any atom is -0.497 e. The molecule has 142 valence electrons. The normalized spacial score (nSPS) is 13.0. The standard InChI is InChI=1S/C19H20N2O5S/c1-26-13-2-3-15(14(10-13)19(24)25)20-17(22)4-5-18(23)21-8-6-16-12(11-21)7-9-27-16/h2-3,7,9-10H,4-6,8,11H2,1H3,(H,20,22)(H,24,25). The maximum Gasteiger partial charge on any atom is 0.337 e. The van der Waals surface area contributed by atoms with E-state index in [0.717, 1.165) is 6.42 Å². The van der Waals surface area contributed by atoms with Crippen LogP contribution in [-0.4, -0.2) is 41.4 Å². The molecule has 0 saturated carbocycles. The first-order valence-corrected chi connectivity index (χ1v) is 9.40. The minimum absolute atomic E-state index is 0.00306. The lowest BCUT2D eigenvalue weighted by atomic mass is 10.1. The largest absolute Gasteiger partial charge is 0.497 e. The van der Waals surface area contributed by atoms with Crippen molar-refractivity contribution in [1.82, 2.24) is 4.90 Å². The number of aromatic carboxylic acids is 1. The number of fused-ring (bicyclic) bond motifs is 1. The second-order valence-electron chi connectivity index (χ2n) is 6.20. The van der Waals surface area contributed by atoms with Gasteiger partial charge in [0.05, 0.1) is 18.4 Å². The number of ether oxygens (including phenoxy) is 1. The smallest absolute Gasteiger partial charge is 0.337 e. The molecule has 0 atom stereocenters. The summed E-state index contributed by atoms with van der Waals surface area (Å²) in [7, 11) is 1.43. The van der Waals surface area contributed by atoms with E-state index in [9.17, 15) is 19.5 Å². The van der Waals surface area contributed by atoms with Crippen molar-refractivity contribution >= 4 is 34.8 Å². The van der Waals surface area contributed by atoms with E-state index >= 15 is 0 Å². The predicted molar refractivity (Wildman–Crippen MR) is 101 cm³/mol. The minimum atomic E-state index is -1.17. The number of carbonyl (C=O) groups is 3. The van der Waals surface area contributed by atoms with Gasteiger partial charge in [-0.1, -0.05) is 0 Å². The highest BCUT2D eigenvalue weighted by atomic mass is 32.1. The Balaban J connectivity index is 1.56. The SMILES string of the molecule is COc1ccc(NC(=O)CCC(=O)N2CCc3sccc3C2)c(C(=O)O)c1. The fourth-order valence-electron chi connectivity index (χ4n) is 2.99. The summed E-state index contributed by atoms with van der Waals surface area (Å²) in [5.41, 5.74) is 1.30. The van der Waals surface area contributed by atoms with E-state index in [1.54, 1.807) is 22.3 Å². The molecule has 1 aromatic carbocycles. The quantitative estimate of drug-likeness (QED) is 0.793. The van der Waals surface area contributed by atoms with Gasteiger partial charge in [-0.2, -0.15) is 0 Å². The van der Waals surface area contributed by atoms with Crippen LogP contribution in [0.25, 0.3) is 0 Å². The van der Waals surface area contributed by atoms with Gasteiger partial charge < -0.3 is 20.1 Å². The van der Waals surface area contributed by atoms with E-state index in [4.69, 9.17) is 4.74 Å². The van der Waals surface area contributed by atoms with Crippen molar-refractivity contribution in [2.24, 2.45) is 0 Å². The molecule has 0 unspecified atom stereocenters. The van der Waals surface area contributed by atoms with Crippen molar-refractivity contribution in [3.05, 3.63) is 45.6 Å². The topological polar surface area (TPSA) is 95.9 Å². The molecule has 7 nitrogen and oxygen atoms in total. The molecule has 0 fully saturated rings. The summed E-state index contributed by atoms with van der Waals surface area (Å²) in [4.78, 5) is 39.0. The van der Waals surface area contributed by atoms with Crippen LogP contribution >= 0.6 is 11.3 Å². The van der Waals surface area contributed by atoms with Crippen molar-refractivity contribution in [2.45, 2.75) is 25.8 Å². The van der Waals surface area contributed by atoms with E-state index in [1.165, 1.54) is 29.7 Å². The van der Waals surface area contributed by atoms with Gasteiger partial charge in [-0.15, -0.1) is 11.3 Å². The number of methoxy groups -OCH3 is 1. The molecular weight excluding hydrogens is 368 g/mol. The fraction of sp³-hybridized carbons (Fsp3) is 0.316. The van der Waals surface area contributed by atoms with Gasteiger partial charge in [0.1, 0.15) is 5.75 Å². The summed E-state index contributed by atoms with van der Waals surface area (Å²) in [5.74, 6) is -1.25. The molecule has 1 aliphatic rings. The number of carboxylic acids is 1. The van der Waals surface area contributed by atoms with Gasteiger partial charge in [0.25, 0.3) is 0 Å². The molecule has 2 aromatic rings. The van der Waals surface area contributed by atoms with E-state index in [-0.39, 0.29) is 30.0 Å². The maximum atomic E-state index is 12.4. The Labute approximate surface area is 160 Å². The zero-order valence-electron chi connectivity index (χ0n) is 14.9. The molecular formula is C19H20N2O5S. The summed E-state index contributed by atoms with van der Waals surface area (Å²) in [6.07, 6.45) is 0.930. The van der Waals surface area contributed by atoms with Crippen LogP contribution in [0.1, 0.15) is 33.6 Å². The van der Waals surface area contributed by atoms with E-state index < -0.39 is 11.9 Å². The number of benzene rings is 1. The number of thiophene rings is 1. The number of carbonyl (C=O) groups excluding carboxylic acids is 2. The molecule has 0 aliphatic carbocycles. The van der Waals surface area contributed by atoms with Crippen LogP contribution in [-0.2, 0) is 22.6 Å². The molecule has 8 heteroatoms. The predicted octanol–water partition coefficient (Wildman–Crippen LogP) is 2.76. The highest BCUT2D eigenvalue weighted by Crippen LogP contribution is 2.25.